The van der Waals surface area contributed by atoms with E-state index >= 15 is 0 Å². The number of anilines is 2. The maximum absolute atomic E-state index is 12.6. The molecule has 0 spiro atoms. The highest BCUT2D eigenvalue weighted by Crippen LogP contribution is 2.44. The molecule has 0 aliphatic carbocycles. The number of nitrogens with zero attached hydrogens (tertiary/aromatic N) is 5. The topological polar surface area (TPSA) is 204 Å². The number of aromatic nitrogens is 4. The van der Waals surface area contributed by atoms with Crippen molar-refractivity contribution >= 4 is 46.6 Å². The normalized spacial score (nSPS) is 24.6. The van der Waals surface area contributed by atoms with Gasteiger partial charge >= 0.3 is 7.60 Å². The minimum Gasteiger partial charge on any atom is -0.397 e. The number of hydrogen-bond donors (Lipinski definition) is 3. The van der Waals surface area contributed by atoms with Gasteiger partial charge in [-0.1, -0.05) is 12.2 Å². The SMILES string of the molecule is C=Nc1c(C(=C)N)ncn1[C@H]1CCC(COPO[C@@H]2CC(CO[P@](C)(=O)OC)O[C@H]2N(C=C(C)C)c2nc(N)[nH]c(=O)c2C)O1. The average Bonchev–Trinajstić information content (AvgIpc) is 3.73. The highest BCUT2D eigenvalue weighted by molar-refractivity contribution is 7.52. The van der Waals surface area contributed by atoms with E-state index in [1.807, 2.05) is 20.0 Å². The number of aromatic amines is 1. The second kappa shape index (κ2) is 15.1. The first-order chi connectivity index (χ1) is 21.3. The van der Waals surface area contributed by atoms with Crippen molar-refractivity contribution in [2.75, 3.05) is 37.6 Å². The van der Waals surface area contributed by atoms with Crippen LogP contribution in [0.2, 0.25) is 0 Å². The van der Waals surface area contributed by atoms with Gasteiger partial charge in [0.1, 0.15) is 23.8 Å². The number of imidazole rings is 1. The lowest BCUT2D eigenvalue weighted by Crippen LogP contribution is -2.41. The minimum absolute atomic E-state index is 0.000847. The second-order valence-electron chi connectivity index (χ2n) is 11.0. The molecule has 45 heavy (non-hydrogen) atoms. The molecular weight excluding hydrogens is 626 g/mol. The van der Waals surface area contributed by atoms with E-state index in [2.05, 4.69) is 33.2 Å². The molecule has 18 heteroatoms. The number of H-pyrrole nitrogens is 1. The maximum atomic E-state index is 12.6. The van der Waals surface area contributed by atoms with Crippen LogP contribution in [0.4, 0.5) is 17.6 Å². The molecule has 4 rings (SSSR count). The van der Waals surface area contributed by atoms with E-state index in [1.165, 1.54) is 13.8 Å². The molecule has 2 aliphatic heterocycles. The summed E-state index contributed by atoms with van der Waals surface area (Å²) in [6.45, 7) is 14.5. The zero-order chi connectivity index (χ0) is 32.9. The first kappa shape index (κ1) is 34.9. The third-order valence-corrected chi connectivity index (χ3v) is 9.14. The second-order valence-corrected chi connectivity index (χ2v) is 13.9. The Morgan fingerprint density at radius 1 is 1.33 bits per heavy atom. The number of allylic oxidation sites excluding steroid dienone is 1. The van der Waals surface area contributed by atoms with Crippen LogP contribution in [0.25, 0.3) is 5.70 Å². The van der Waals surface area contributed by atoms with Crippen molar-refractivity contribution in [3.63, 3.8) is 0 Å². The van der Waals surface area contributed by atoms with E-state index in [-0.39, 0.29) is 46.1 Å². The summed E-state index contributed by atoms with van der Waals surface area (Å²) in [5, 5.41) is 0. The molecule has 16 nitrogen and oxygen atoms in total. The third-order valence-electron chi connectivity index (χ3n) is 7.18. The van der Waals surface area contributed by atoms with Gasteiger partial charge in [0, 0.05) is 26.4 Å². The van der Waals surface area contributed by atoms with E-state index in [0.29, 0.717) is 35.0 Å². The number of rotatable bonds is 15. The summed E-state index contributed by atoms with van der Waals surface area (Å²) in [5.41, 5.74) is 13.4. The van der Waals surface area contributed by atoms with E-state index < -0.39 is 26.0 Å². The standard InChI is InChI=1S/C27H42N8O8P2/c1-15(2)11-34(23-16(3)25(36)33-27(29)32-23)26-20(10-19(42-26)13-40-45(7,37)38-6)43-44-39-12-18-8-9-21(41-18)35-14-31-22(17(4)28)24(35)30-5/h11,14,18-21,26,44H,4-5,8-10,12-13,28H2,1-3,6-7H3,(H3,29,32,33,36)/t18?,19?,20-,21-,26-,45-/m1/s1. The molecule has 0 saturated carbocycles. The van der Waals surface area contributed by atoms with E-state index in [1.54, 1.807) is 22.7 Å². The fourth-order valence-electron chi connectivity index (χ4n) is 4.95. The van der Waals surface area contributed by atoms with Crippen molar-refractivity contribution in [3.8, 4) is 0 Å². The van der Waals surface area contributed by atoms with Crippen molar-refractivity contribution < 1.29 is 32.1 Å². The molecular formula is C27H42N8O8P2. The molecule has 3 unspecified atom stereocenters. The molecule has 4 heterocycles. The van der Waals surface area contributed by atoms with Crippen molar-refractivity contribution in [1.82, 2.24) is 19.5 Å². The Bertz CT molecular complexity index is 1510. The minimum atomic E-state index is -3.25. The van der Waals surface area contributed by atoms with Gasteiger partial charge in [0.2, 0.25) is 5.95 Å². The van der Waals surface area contributed by atoms with Crippen molar-refractivity contribution in [2.45, 2.75) is 70.8 Å². The highest BCUT2D eigenvalue weighted by Gasteiger charge is 2.42. The lowest BCUT2D eigenvalue weighted by Gasteiger charge is -2.31. The fraction of sp³-hybridized carbons (Fsp3) is 0.556. The zero-order valence-corrected chi connectivity index (χ0v) is 28.0. The van der Waals surface area contributed by atoms with Gasteiger partial charge in [0.05, 0.1) is 43.0 Å². The van der Waals surface area contributed by atoms with Crippen LogP contribution in [0.5, 0.6) is 0 Å². The first-order valence-electron chi connectivity index (χ1n) is 14.2. The van der Waals surface area contributed by atoms with Crippen LogP contribution in [0.3, 0.4) is 0 Å². The average molecular weight is 669 g/mol. The molecule has 0 amide bonds. The number of nitrogens with one attached hydrogen (secondary N) is 1. The lowest BCUT2D eigenvalue weighted by molar-refractivity contribution is -0.0191. The van der Waals surface area contributed by atoms with Gasteiger partial charge in [0.15, 0.2) is 21.1 Å². The maximum Gasteiger partial charge on any atom is 0.327 e. The Morgan fingerprint density at radius 2 is 2.09 bits per heavy atom. The van der Waals surface area contributed by atoms with Gasteiger partial charge in [-0.15, -0.1) is 0 Å². The molecule has 0 aromatic carbocycles. The van der Waals surface area contributed by atoms with Gasteiger partial charge in [-0.3, -0.25) is 18.9 Å². The van der Waals surface area contributed by atoms with Crippen LogP contribution < -0.4 is 21.9 Å². The van der Waals surface area contributed by atoms with Crippen LogP contribution >= 0.6 is 16.6 Å². The van der Waals surface area contributed by atoms with Crippen molar-refractivity contribution in [3.05, 3.63) is 46.3 Å². The van der Waals surface area contributed by atoms with Crippen molar-refractivity contribution in [2.24, 2.45) is 10.7 Å². The number of aliphatic imine (C=N–C) groups is 1. The predicted octanol–water partition coefficient (Wildman–Crippen LogP) is 3.74. The predicted molar refractivity (Wildman–Crippen MR) is 173 cm³/mol. The summed E-state index contributed by atoms with van der Waals surface area (Å²) in [7, 11) is -2.29. The summed E-state index contributed by atoms with van der Waals surface area (Å²) in [6, 6.07) is 0. The van der Waals surface area contributed by atoms with Crippen LogP contribution in [0, 0.1) is 6.92 Å². The van der Waals surface area contributed by atoms with Crippen LogP contribution in [-0.4, -0.2) is 77.8 Å². The number of nitrogen functional groups attached to an aromatic ring is 1. The van der Waals surface area contributed by atoms with E-state index in [0.717, 1.165) is 18.4 Å². The van der Waals surface area contributed by atoms with Gasteiger partial charge in [-0.25, -0.2) is 9.98 Å². The molecule has 248 valence electrons. The summed E-state index contributed by atoms with van der Waals surface area (Å²) in [5.74, 6) is 0.786. The Hall–Kier alpha value is -2.94. The molecule has 2 aromatic heterocycles. The van der Waals surface area contributed by atoms with E-state index in [9.17, 15) is 9.36 Å². The number of nitrogens with two attached hydrogens (primary N) is 2. The van der Waals surface area contributed by atoms with Gasteiger partial charge < -0.3 is 43.9 Å². The van der Waals surface area contributed by atoms with Gasteiger partial charge in [-0.05, 0) is 40.3 Å². The summed E-state index contributed by atoms with van der Waals surface area (Å²) < 4.78 is 49.3. The largest absolute Gasteiger partial charge is 0.397 e. The number of ether oxygens (including phenoxy) is 2. The first-order valence-corrected chi connectivity index (χ1v) is 17.0. The summed E-state index contributed by atoms with van der Waals surface area (Å²) >= 11 is 0. The Kier molecular flexibility index (Phi) is 11.7. The van der Waals surface area contributed by atoms with Crippen LogP contribution in [-0.2, 0) is 32.1 Å². The van der Waals surface area contributed by atoms with Crippen LogP contribution in [0.1, 0.15) is 50.6 Å². The fourth-order valence-corrected chi connectivity index (χ4v) is 6.15. The molecule has 5 N–H and O–H groups in total. The quantitative estimate of drug-likeness (QED) is 0.141. The highest BCUT2D eigenvalue weighted by atomic mass is 31.2. The summed E-state index contributed by atoms with van der Waals surface area (Å²) in [4.78, 5) is 29.5. The van der Waals surface area contributed by atoms with Crippen LogP contribution in [0.15, 0.2) is 34.5 Å². The molecule has 2 aliphatic rings. The zero-order valence-electron chi connectivity index (χ0n) is 26.1. The van der Waals surface area contributed by atoms with Gasteiger partial charge in [0.25, 0.3) is 5.56 Å². The monoisotopic (exact) mass is 668 g/mol. The third kappa shape index (κ3) is 8.66. The Morgan fingerprint density at radius 3 is 2.76 bits per heavy atom. The smallest absolute Gasteiger partial charge is 0.327 e. The molecule has 2 fully saturated rings. The molecule has 2 aromatic rings. The molecule has 2 saturated heterocycles. The molecule has 0 radical (unpaired) electrons. The Balaban J connectivity index is 1.44. The Labute approximate surface area is 263 Å². The lowest BCUT2D eigenvalue weighted by atomic mass is 10.2. The van der Waals surface area contributed by atoms with Crippen molar-refractivity contribution in [1.29, 1.82) is 0 Å². The summed E-state index contributed by atoms with van der Waals surface area (Å²) in [6.07, 6.45) is 3.01. The van der Waals surface area contributed by atoms with Gasteiger partial charge in [-0.2, -0.15) is 4.98 Å². The van der Waals surface area contributed by atoms with E-state index in [4.69, 9.17) is 39.0 Å². The number of hydrogen-bond acceptors (Lipinski definition) is 14. The molecule has 0 bridgehead atoms. The molecule has 7 atom stereocenters.